The van der Waals surface area contributed by atoms with E-state index in [4.69, 9.17) is 5.73 Å². The summed E-state index contributed by atoms with van der Waals surface area (Å²) in [6, 6.07) is 10.2. The molecular formula is C12H10N4S. The van der Waals surface area contributed by atoms with Crippen LogP contribution >= 0.6 is 11.8 Å². The maximum atomic E-state index is 5.59. The maximum absolute atomic E-state index is 5.59. The van der Waals surface area contributed by atoms with Crippen LogP contribution in [0.4, 0.5) is 5.82 Å². The number of nitrogen functional groups attached to an aromatic ring is 1. The summed E-state index contributed by atoms with van der Waals surface area (Å²) in [4.78, 5) is 11.5. The largest absolute Gasteiger partial charge is 0.382 e. The molecular weight excluding hydrogens is 232 g/mol. The number of hydrogen-bond acceptors (Lipinski definition) is 4. The second-order valence-electron chi connectivity index (χ2n) is 3.61. The first-order valence-electron chi connectivity index (χ1n) is 5.14. The van der Waals surface area contributed by atoms with E-state index in [-0.39, 0.29) is 0 Å². The van der Waals surface area contributed by atoms with Gasteiger partial charge in [0, 0.05) is 10.9 Å². The van der Waals surface area contributed by atoms with Gasteiger partial charge in [0.05, 0.1) is 17.4 Å². The Morgan fingerprint density at radius 3 is 2.88 bits per heavy atom. The molecule has 0 spiro atoms. The molecule has 0 unspecified atom stereocenters. The molecule has 0 fully saturated rings. The van der Waals surface area contributed by atoms with Crippen LogP contribution in [0.2, 0.25) is 0 Å². The summed E-state index contributed by atoms with van der Waals surface area (Å²) in [6.07, 6.45) is 3.24. The number of H-pyrrole nitrogens is 1. The summed E-state index contributed by atoms with van der Waals surface area (Å²) < 4.78 is 0. The van der Waals surface area contributed by atoms with Crippen molar-refractivity contribution in [3.05, 3.63) is 42.7 Å². The van der Waals surface area contributed by atoms with Crippen LogP contribution in [0.15, 0.2) is 52.8 Å². The zero-order chi connectivity index (χ0) is 11.7. The van der Waals surface area contributed by atoms with Crippen LogP contribution < -0.4 is 5.73 Å². The number of anilines is 1. The minimum atomic E-state index is 0.436. The van der Waals surface area contributed by atoms with Crippen molar-refractivity contribution >= 4 is 28.5 Å². The molecule has 0 bridgehead atoms. The summed E-state index contributed by atoms with van der Waals surface area (Å²) in [6.45, 7) is 0. The third-order valence-corrected chi connectivity index (χ3v) is 3.20. The fourth-order valence-corrected chi connectivity index (χ4v) is 2.46. The second kappa shape index (κ2) is 4.10. The lowest BCUT2D eigenvalue weighted by molar-refractivity contribution is 1.06. The molecule has 17 heavy (non-hydrogen) atoms. The van der Waals surface area contributed by atoms with Gasteiger partial charge in [0.25, 0.3) is 0 Å². The van der Waals surface area contributed by atoms with E-state index >= 15 is 0 Å². The maximum Gasteiger partial charge on any atom is 0.143 e. The SMILES string of the molecule is Nc1cncc(Sc2cc3ccccc3[nH]2)n1. The average molecular weight is 242 g/mol. The molecule has 0 aliphatic carbocycles. The molecule has 5 heteroatoms. The van der Waals surface area contributed by atoms with Crippen molar-refractivity contribution in [2.24, 2.45) is 0 Å². The van der Waals surface area contributed by atoms with Gasteiger partial charge in [-0.15, -0.1) is 0 Å². The van der Waals surface area contributed by atoms with Crippen LogP contribution in [0.5, 0.6) is 0 Å². The molecule has 2 heterocycles. The lowest BCUT2D eigenvalue weighted by atomic mass is 10.3. The summed E-state index contributed by atoms with van der Waals surface area (Å²) in [5.41, 5.74) is 6.71. The third-order valence-electron chi connectivity index (χ3n) is 2.35. The highest BCUT2D eigenvalue weighted by molar-refractivity contribution is 7.99. The number of rotatable bonds is 2. The zero-order valence-electron chi connectivity index (χ0n) is 8.92. The topological polar surface area (TPSA) is 67.6 Å². The standard InChI is InChI=1S/C12H10N4S/c13-10-6-14-7-12(16-10)17-11-5-8-3-1-2-4-9(8)15-11/h1-7,15H,(H2,13,16). The molecule has 0 saturated heterocycles. The summed E-state index contributed by atoms with van der Waals surface area (Å²) in [5.74, 6) is 0.436. The molecule has 0 atom stereocenters. The van der Waals surface area contributed by atoms with E-state index in [1.807, 2.05) is 18.2 Å². The Kier molecular flexibility index (Phi) is 2.45. The summed E-state index contributed by atoms with van der Waals surface area (Å²) in [7, 11) is 0. The van der Waals surface area contributed by atoms with Crippen molar-refractivity contribution in [1.82, 2.24) is 15.0 Å². The molecule has 84 valence electrons. The van der Waals surface area contributed by atoms with Gasteiger partial charge in [-0.1, -0.05) is 30.0 Å². The molecule has 0 aliphatic heterocycles. The number of para-hydroxylation sites is 1. The second-order valence-corrected chi connectivity index (χ2v) is 4.67. The molecule has 0 radical (unpaired) electrons. The molecule has 2 aromatic heterocycles. The minimum Gasteiger partial charge on any atom is -0.382 e. The highest BCUT2D eigenvalue weighted by Crippen LogP contribution is 2.28. The number of hydrogen-bond donors (Lipinski definition) is 2. The average Bonchev–Trinajstić information content (AvgIpc) is 2.71. The number of nitrogens with two attached hydrogens (primary N) is 1. The van der Waals surface area contributed by atoms with Crippen LogP contribution in [-0.4, -0.2) is 15.0 Å². The normalized spacial score (nSPS) is 10.8. The zero-order valence-corrected chi connectivity index (χ0v) is 9.74. The van der Waals surface area contributed by atoms with Crippen LogP contribution in [-0.2, 0) is 0 Å². The highest BCUT2D eigenvalue weighted by atomic mass is 32.2. The van der Waals surface area contributed by atoms with Crippen molar-refractivity contribution in [1.29, 1.82) is 0 Å². The van der Waals surface area contributed by atoms with Gasteiger partial charge in [-0.25, -0.2) is 4.98 Å². The van der Waals surface area contributed by atoms with E-state index in [0.29, 0.717) is 5.82 Å². The van der Waals surface area contributed by atoms with Gasteiger partial charge < -0.3 is 10.7 Å². The molecule has 0 amide bonds. The first kappa shape index (κ1) is 10.2. The van der Waals surface area contributed by atoms with Gasteiger partial charge >= 0.3 is 0 Å². The van der Waals surface area contributed by atoms with E-state index in [1.165, 1.54) is 23.3 Å². The van der Waals surface area contributed by atoms with Crippen molar-refractivity contribution in [3.8, 4) is 0 Å². The van der Waals surface area contributed by atoms with Gasteiger partial charge in [-0.3, -0.25) is 4.98 Å². The fraction of sp³-hybridized carbons (Fsp3) is 0. The van der Waals surface area contributed by atoms with E-state index in [2.05, 4.69) is 27.1 Å². The number of nitrogens with zero attached hydrogens (tertiary/aromatic N) is 2. The predicted molar refractivity (Wildman–Crippen MR) is 68.9 cm³/mol. The Labute approximate surface area is 102 Å². The lowest BCUT2D eigenvalue weighted by Gasteiger charge is -1.97. The number of fused-ring (bicyclic) bond motifs is 1. The molecule has 3 N–H and O–H groups in total. The number of aromatic amines is 1. The number of benzene rings is 1. The van der Waals surface area contributed by atoms with E-state index < -0.39 is 0 Å². The van der Waals surface area contributed by atoms with Gasteiger partial charge in [-0.2, -0.15) is 0 Å². The van der Waals surface area contributed by atoms with Crippen molar-refractivity contribution in [3.63, 3.8) is 0 Å². The molecule has 1 aromatic carbocycles. The summed E-state index contributed by atoms with van der Waals surface area (Å²) in [5, 5.41) is 3.01. The first-order chi connectivity index (χ1) is 8.31. The van der Waals surface area contributed by atoms with Crippen LogP contribution in [0.25, 0.3) is 10.9 Å². The van der Waals surface area contributed by atoms with Crippen LogP contribution in [0, 0.1) is 0 Å². The predicted octanol–water partition coefficient (Wildman–Crippen LogP) is 2.69. The van der Waals surface area contributed by atoms with Crippen molar-refractivity contribution < 1.29 is 0 Å². The molecule has 4 nitrogen and oxygen atoms in total. The third kappa shape index (κ3) is 2.09. The monoisotopic (exact) mass is 242 g/mol. The van der Waals surface area contributed by atoms with Crippen LogP contribution in [0.3, 0.4) is 0 Å². The number of nitrogens with one attached hydrogen (secondary N) is 1. The van der Waals surface area contributed by atoms with E-state index in [1.54, 1.807) is 6.20 Å². The first-order valence-corrected chi connectivity index (χ1v) is 5.96. The van der Waals surface area contributed by atoms with Gasteiger partial charge in [0.15, 0.2) is 0 Å². The van der Waals surface area contributed by atoms with Crippen LogP contribution in [0.1, 0.15) is 0 Å². The van der Waals surface area contributed by atoms with Crippen molar-refractivity contribution in [2.45, 2.75) is 10.1 Å². The molecule has 3 rings (SSSR count). The van der Waals surface area contributed by atoms with Gasteiger partial charge in [-0.05, 0) is 12.1 Å². The Morgan fingerprint density at radius 1 is 1.18 bits per heavy atom. The van der Waals surface area contributed by atoms with E-state index in [9.17, 15) is 0 Å². The Bertz CT molecular complexity index is 629. The highest BCUT2D eigenvalue weighted by Gasteiger charge is 2.03. The number of aromatic nitrogens is 3. The minimum absolute atomic E-state index is 0.436. The Hall–Kier alpha value is -2.01. The Morgan fingerprint density at radius 2 is 2.06 bits per heavy atom. The quantitative estimate of drug-likeness (QED) is 0.725. The Balaban J connectivity index is 1.94. The molecule has 0 saturated carbocycles. The molecule has 3 aromatic rings. The summed E-state index contributed by atoms with van der Waals surface area (Å²) >= 11 is 1.52. The van der Waals surface area contributed by atoms with Gasteiger partial charge in [0.2, 0.25) is 0 Å². The smallest absolute Gasteiger partial charge is 0.143 e. The van der Waals surface area contributed by atoms with E-state index in [0.717, 1.165) is 15.6 Å². The van der Waals surface area contributed by atoms with Gasteiger partial charge in [0.1, 0.15) is 10.8 Å². The lowest BCUT2D eigenvalue weighted by Crippen LogP contribution is -1.92. The van der Waals surface area contributed by atoms with Crippen molar-refractivity contribution in [2.75, 3.05) is 5.73 Å². The fourth-order valence-electron chi connectivity index (χ4n) is 1.63. The molecule has 0 aliphatic rings.